The van der Waals surface area contributed by atoms with E-state index >= 15 is 0 Å². The summed E-state index contributed by atoms with van der Waals surface area (Å²) in [6.07, 6.45) is 2.45. The van der Waals surface area contributed by atoms with Gasteiger partial charge in [0, 0.05) is 6.54 Å². The van der Waals surface area contributed by atoms with Crippen molar-refractivity contribution >= 4 is 11.0 Å². The third kappa shape index (κ3) is 1.84. The van der Waals surface area contributed by atoms with E-state index in [0.29, 0.717) is 0 Å². The molecule has 0 aliphatic heterocycles. The quantitative estimate of drug-likeness (QED) is 0.763. The number of hydrogen-bond donors (Lipinski definition) is 0. The Morgan fingerprint density at radius 3 is 2.50 bits per heavy atom. The van der Waals surface area contributed by atoms with Crippen LogP contribution in [0.3, 0.4) is 0 Å². The van der Waals surface area contributed by atoms with Gasteiger partial charge in [-0.2, -0.15) is 0 Å². The summed E-state index contributed by atoms with van der Waals surface area (Å²) in [5.74, 6) is 1.13. The molecular formula is C14H20N2. The molecule has 0 saturated heterocycles. The highest BCUT2D eigenvalue weighted by Crippen LogP contribution is 2.21. The van der Waals surface area contributed by atoms with Crippen molar-refractivity contribution in [3.63, 3.8) is 0 Å². The summed E-state index contributed by atoms with van der Waals surface area (Å²) < 4.78 is 2.34. The Morgan fingerprint density at radius 2 is 1.81 bits per heavy atom. The van der Waals surface area contributed by atoms with Crippen LogP contribution in [0.4, 0.5) is 0 Å². The monoisotopic (exact) mass is 216 g/mol. The van der Waals surface area contributed by atoms with Crippen LogP contribution in [0, 0.1) is 20.8 Å². The third-order valence-corrected chi connectivity index (χ3v) is 3.29. The van der Waals surface area contributed by atoms with Gasteiger partial charge in [0.05, 0.1) is 11.0 Å². The van der Waals surface area contributed by atoms with E-state index in [4.69, 9.17) is 0 Å². The molecule has 1 aromatic carbocycles. The molecule has 0 amide bonds. The zero-order valence-electron chi connectivity index (χ0n) is 10.7. The first-order valence-corrected chi connectivity index (χ1v) is 6.07. The minimum absolute atomic E-state index is 1.08. The highest BCUT2D eigenvalue weighted by Gasteiger charge is 2.08. The number of aromatic nitrogens is 2. The van der Waals surface area contributed by atoms with Gasteiger partial charge in [-0.1, -0.05) is 13.3 Å². The van der Waals surface area contributed by atoms with Crippen molar-refractivity contribution in [3.8, 4) is 0 Å². The summed E-state index contributed by atoms with van der Waals surface area (Å²) >= 11 is 0. The van der Waals surface area contributed by atoms with Crippen LogP contribution in [0.2, 0.25) is 0 Å². The van der Waals surface area contributed by atoms with Crippen LogP contribution in [0.1, 0.15) is 36.7 Å². The molecule has 2 rings (SSSR count). The van der Waals surface area contributed by atoms with Gasteiger partial charge in [-0.15, -0.1) is 0 Å². The molecule has 0 aliphatic rings. The van der Waals surface area contributed by atoms with Gasteiger partial charge in [-0.25, -0.2) is 4.98 Å². The summed E-state index contributed by atoms with van der Waals surface area (Å²) in [5, 5.41) is 0. The van der Waals surface area contributed by atoms with E-state index < -0.39 is 0 Å². The Kier molecular flexibility index (Phi) is 2.99. The van der Waals surface area contributed by atoms with Gasteiger partial charge in [-0.05, 0) is 50.5 Å². The van der Waals surface area contributed by atoms with Gasteiger partial charge in [0.1, 0.15) is 5.82 Å². The number of hydrogen-bond acceptors (Lipinski definition) is 1. The van der Waals surface area contributed by atoms with Crippen molar-refractivity contribution in [2.24, 2.45) is 0 Å². The smallest absolute Gasteiger partial charge is 0.106 e. The summed E-state index contributed by atoms with van der Waals surface area (Å²) in [6.45, 7) is 9.72. The maximum Gasteiger partial charge on any atom is 0.106 e. The highest BCUT2D eigenvalue weighted by molar-refractivity contribution is 5.78. The first kappa shape index (κ1) is 11.2. The lowest BCUT2D eigenvalue weighted by Crippen LogP contribution is -2.00. The van der Waals surface area contributed by atoms with E-state index in [1.165, 1.54) is 29.5 Å². The van der Waals surface area contributed by atoms with Gasteiger partial charge in [-0.3, -0.25) is 0 Å². The fourth-order valence-corrected chi connectivity index (χ4v) is 2.10. The molecule has 2 heteroatoms. The van der Waals surface area contributed by atoms with Crippen LogP contribution < -0.4 is 0 Å². The Bertz CT molecular complexity index is 509. The fourth-order valence-electron chi connectivity index (χ4n) is 2.10. The Hall–Kier alpha value is -1.31. The molecule has 0 spiro atoms. The van der Waals surface area contributed by atoms with Gasteiger partial charge < -0.3 is 4.57 Å². The van der Waals surface area contributed by atoms with Crippen LogP contribution in [-0.2, 0) is 6.54 Å². The lowest BCUT2D eigenvalue weighted by Gasteiger charge is -2.06. The molecule has 86 valence electrons. The van der Waals surface area contributed by atoms with E-state index in [1.54, 1.807) is 0 Å². The van der Waals surface area contributed by atoms with Crippen molar-refractivity contribution in [1.29, 1.82) is 0 Å². The molecule has 0 atom stereocenters. The third-order valence-electron chi connectivity index (χ3n) is 3.29. The maximum absolute atomic E-state index is 4.63. The zero-order valence-corrected chi connectivity index (χ0v) is 10.7. The van der Waals surface area contributed by atoms with Crippen LogP contribution in [0.25, 0.3) is 11.0 Å². The molecule has 2 nitrogen and oxygen atoms in total. The molecule has 0 unspecified atom stereocenters. The van der Waals surface area contributed by atoms with Crippen molar-refractivity contribution in [3.05, 3.63) is 29.1 Å². The first-order chi connectivity index (χ1) is 7.63. The molecule has 1 aromatic heterocycles. The topological polar surface area (TPSA) is 17.8 Å². The molecule has 16 heavy (non-hydrogen) atoms. The molecule has 1 heterocycles. The molecule has 0 fully saturated rings. The number of benzene rings is 1. The second-order valence-electron chi connectivity index (χ2n) is 4.59. The van der Waals surface area contributed by atoms with Crippen LogP contribution in [-0.4, -0.2) is 9.55 Å². The Morgan fingerprint density at radius 1 is 1.12 bits per heavy atom. The lowest BCUT2D eigenvalue weighted by atomic mass is 10.1. The first-order valence-electron chi connectivity index (χ1n) is 6.07. The molecule has 0 bridgehead atoms. The largest absolute Gasteiger partial charge is 0.328 e. The lowest BCUT2D eigenvalue weighted by molar-refractivity contribution is 0.630. The van der Waals surface area contributed by atoms with Gasteiger partial charge in [0.25, 0.3) is 0 Å². The number of nitrogens with zero attached hydrogens (tertiary/aromatic N) is 2. The number of rotatable bonds is 3. The SMILES string of the molecule is CCCCn1c(C)nc2cc(C)c(C)cc21. The summed E-state index contributed by atoms with van der Waals surface area (Å²) in [6, 6.07) is 4.46. The molecule has 2 aromatic rings. The predicted molar refractivity (Wildman–Crippen MR) is 68.9 cm³/mol. The standard InChI is InChI=1S/C14H20N2/c1-5-6-7-16-12(4)15-13-8-10(2)11(3)9-14(13)16/h8-9H,5-7H2,1-4H3. The number of imidazole rings is 1. The molecule has 0 radical (unpaired) electrons. The van der Waals surface area contributed by atoms with E-state index in [9.17, 15) is 0 Å². The van der Waals surface area contributed by atoms with Gasteiger partial charge >= 0.3 is 0 Å². The molecule has 0 aliphatic carbocycles. The molecular weight excluding hydrogens is 196 g/mol. The maximum atomic E-state index is 4.63. The molecule has 0 saturated carbocycles. The highest BCUT2D eigenvalue weighted by atomic mass is 15.1. The van der Waals surface area contributed by atoms with E-state index in [2.05, 4.69) is 49.4 Å². The molecule has 0 N–H and O–H groups in total. The summed E-state index contributed by atoms with van der Waals surface area (Å²) in [5.41, 5.74) is 5.10. The Labute approximate surface area is 97.3 Å². The normalized spacial score (nSPS) is 11.2. The number of fused-ring (bicyclic) bond motifs is 1. The van der Waals surface area contributed by atoms with E-state index in [0.717, 1.165) is 17.9 Å². The predicted octanol–water partition coefficient (Wildman–Crippen LogP) is 3.76. The second-order valence-corrected chi connectivity index (χ2v) is 4.59. The van der Waals surface area contributed by atoms with Crippen LogP contribution in [0.15, 0.2) is 12.1 Å². The van der Waals surface area contributed by atoms with Crippen LogP contribution >= 0.6 is 0 Å². The van der Waals surface area contributed by atoms with Crippen molar-refractivity contribution < 1.29 is 0 Å². The minimum atomic E-state index is 1.08. The zero-order chi connectivity index (χ0) is 11.7. The number of aryl methyl sites for hydroxylation is 4. The van der Waals surface area contributed by atoms with Crippen LogP contribution in [0.5, 0.6) is 0 Å². The average molecular weight is 216 g/mol. The summed E-state index contributed by atoms with van der Waals surface area (Å²) in [7, 11) is 0. The summed E-state index contributed by atoms with van der Waals surface area (Å²) in [4.78, 5) is 4.63. The fraction of sp³-hybridized carbons (Fsp3) is 0.500. The number of unbranched alkanes of at least 4 members (excludes halogenated alkanes) is 1. The van der Waals surface area contributed by atoms with Crippen molar-refractivity contribution in [2.75, 3.05) is 0 Å². The van der Waals surface area contributed by atoms with Gasteiger partial charge in [0.15, 0.2) is 0 Å². The second kappa shape index (κ2) is 4.28. The minimum Gasteiger partial charge on any atom is -0.328 e. The van der Waals surface area contributed by atoms with Crippen molar-refractivity contribution in [1.82, 2.24) is 9.55 Å². The Balaban J connectivity index is 2.55. The van der Waals surface area contributed by atoms with E-state index in [1.807, 2.05) is 0 Å². The average Bonchev–Trinajstić information content (AvgIpc) is 2.52. The van der Waals surface area contributed by atoms with Crippen molar-refractivity contribution in [2.45, 2.75) is 47.1 Å². The van der Waals surface area contributed by atoms with E-state index in [-0.39, 0.29) is 0 Å². The van der Waals surface area contributed by atoms with Gasteiger partial charge in [0.2, 0.25) is 0 Å².